The Bertz CT molecular complexity index is 2110. The minimum atomic E-state index is -0.619. The van der Waals surface area contributed by atoms with Gasteiger partial charge in [-0.25, -0.2) is 14.8 Å². The van der Waals surface area contributed by atoms with Crippen LogP contribution in [0.3, 0.4) is 0 Å². The average Bonchev–Trinajstić information content (AvgIpc) is 3.24. The van der Waals surface area contributed by atoms with Crippen LogP contribution in [-0.2, 0) is 20.9 Å². The Morgan fingerprint density at radius 1 is 0.867 bits per heavy atom. The van der Waals surface area contributed by atoms with Crippen molar-refractivity contribution in [2.24, 2.45) is 5.92 Å². The molecule has 3 N–H and O–H groups in total. The van der Waals surface area contributed by atoms with Crippen molar-refractivity contribution in [3.05, 3.63) is 90.1 Å². The van der Waals surface area contributed by atoms with Crippen molar-refractivity contribution in [3.8, 4) is 17.0 Å². The Balaban J connectivity index is 0.751. The van der Waals surface area contributed by atoms with E-state index in [1.54, 1.807) is 11.1 Å². The standard InChI is InChI=1S/C46H57N9O5/c1-31(2)59-40-29-55(30-40)46(58)48-27-35-5-4-34(26-32(35)3)41-16-19-47-45(50-41)49-36-6-8-37(9-7-36)54-24-22-52(23-25-54)28-33-17-20-53(21-18-33)38-10-12-39(13-11-38)60-42-14-15-43(56)51-44(42)57/h4-13,16,19,26,31,33,40,42H,14-15,17-18,20-25,27-30H2,1-3H3,(H,48,58)(H,47,49,50)(H,51,56,57). The second kappa shape index (κ2) is 18.7. The van der Waals surface area contributed by atoms with E-state index in [4.69, 9.17) is 14.5 Å². The molecule has 4 aliphatic rings. The quantitative estimate of drug-likeness (QED) is 0.142. The topological polar surface area (TPSA) is 144 Å². The summed E-state index contributed by atoms with van der Waals surface area (Å²) in [5.41, 5.74) is 7.30. The molecule has 14 nitrogen and oxygen atoms in total. The summed E-state index contributed by atoms with van der Waals surface area (Å²) in [5.74, 6) is 1.28. The molecule has 3 aromatic carbocycles. The van der Waals surface area contributed by atoms with Gasteiger partial charge in [-0.15, -0.1) is 0 Å². The number of anilines is 4. The fourth-order valence-corrected chi connectivity index (χ4v) is 8.49. The van der Waals surface area contributed by atoms with Crippen molar-refractivity contribution in [3.63, 3.8) is 0 Å². The van der Waals surface area contributed by atoms with Gasteiger partial charge in [-0.2, -0.15) is 0 Å². The fourth-order valence-electron chi connectivity index (χ4n) is 8.49. The van der Waals surface area contributed by atoms with Gasteiger partial charge < -0.3 is 34.8 Å². The average molecular weight is 816 g/mol. The largest absolute Gasteiger partial charge is 0.481 e. The number of rotatable bonds is 13. The number of piperazine rings is 1. The van der Waals surface area contributed by atoms with Crippen LogP contribution in [0.2, 0.25) is 0 Å². The maximum atomic E-state index is 12.6. The highest BCUT2D eigenvalue weighted by molar-refractivity contribution is 5.99. The number of urea groups is 1. The molecule has 4 amide bonds. The number of likely N-dealkylation sites (tertiary alicyclic amines) is 1. The Morgan fingerprint density at radius 3 is 2.25 bits per heavy atom. The van der Waals surface area contributed by atoms with E-state index in [0.717, 1.165) is 86.7 Å². The van der Waals surface area contributed by atoms with Crippen LogP contribution in [0.4, 0.5) is 27.8 Å². The normalized spacial score (nSPS) is 19.3. The third-order valence-corrected chi connectivity index (χ3v) is 12.0. The molecule has 1 aromatic heterocycles. The van der Waals surface area contributed by atoms with Gasteiger partial charge in [-0.05, 0) is 111 Å². The van der Waals surface area contributed by atoms with Gasteiger partial charge in [0.05, 0.1) is 31.0 Å². The number of aryl methyl sites for hydroxylation is 1. The molecule has 0 radical (unpaired) electrons. The summed E-state index contributed by atoms with van der Waals surface area (Å²) >= 11 is 0. The molecule has 4 aliphatic heterocycles. The molecule has 8 rings (SSSR count). The van der Waals surface area contributed by atoms with Crippen LogP contribution in [-0.4, -0.2) is 115 Å². The molecule has 4 saturated heterocycles. The number of carbonyl (C=O) groups is 3. The summed E-state index contributed by atoms with van der Waals surface area (Å²) in [7, 11) is 0. The van der Waals surface area contributed by atoms with Crippen molar-refractivity contribution >= 4 is 40.9 Å². The van der Waals surface area contributed by atoms with E-state index in [1.807, 2.05) is 38.1 Å². The van der Waals surface area contributed by atoms with Gasteiger partial charge in [-0.1, -0.05) is 12.1 Å². The van der Waals surface area contributed by atoms with Gasteiger partial charge >= 0.3 is 6.03 Å². The lowest BCUT2D eigenvalue weighted by molar-refractivity contribution is -0.138. The molecule has 316 valence electrons. The lowest BCUT2D eigenvalue weighted by atomic mass is 9.95. The third-order valence-electron chi connectivity index (χ3n) is 12.0. The van der Waals surface area contributed by atoms with Crippen LogP contribution in [0, 0.1) is 12.8 Å². The summed E-state index contributed by atoms with van der Waals surface area (Å²) < 4.78 is 11.6. The zero-order chi connectivity index (χ0) is 41.6. The monoisotopic (exact) mass is 815 g/mol. The van der Waals surface area contributed by atoms with Crippen LogP contribution in [0.15, 0.2) is 79.0 Å². The highest BCUT2D eigenvalue weighted by Gasteiger charge is 2.32. The van der Waals surface area contributed by atoms with E-state index in [1.165, 1.54) is 11.4 Å². The first-order valence-corrected chi connectivity index (χ1v) is 21.4. The lowest BCUT2D eigenvalue weighted by Gasteiger charge is -2.40. The molecule has 1 unspecified atom stereocenters. The van der Waals surface area contributed by atoms with E-state index < -0.39 is 6.10 Å². The van der Waals surface area contributed by atoms with E-state index >= 15 is 0 Å². The van der Waals surface area contributed by atoms with E-state index in [9.17, 15) is 14.4 Å². The van der Waals surface area contributed by atoms with Gasteiger partial charge in [-0.3, -0.25) is 19.8 Å². The maximum absolute atomic E-state index is 12.6. The summed E-state index contributed by atoms with van der Waals surface area (Å²) in [6.07, 6.45) is 4.49. The van der Waals surface area contributed by atoms with E-state index in [0.29, 0.717) is 50.1 Å². The van der Waals surface area contributed by atoms with Crippen molar-refractivity contribution in [1.82, 2.24) is 30.4 Å². The predicted molar refractivity (Wildman–Crippen MR) is 233 cm³/mol. The molecule has 1 atom stereocenters. The summed E-state index contributed by atoms with van der Waals surface area (Å²) in [6.45, 7) is 15.1. The second-order valence-corrected chi connectivity index (χ2v) is 16.7. The molecular weight excluding hydrogens is 759 g/mol. The molecule has 0 bridgehead atoms. The van der Waals surface area contributed by atoms with Gasteiger partial charge in [0.2, 0.25) is 11.9 Å². The number of carbonyl (C=O) groups excluding carboxylic acids is 3. The molecule has 4 aromatic rings. The Hall–Kier alpha value is -5.73. The number of amides is 4. The molecule has 4 fully saturated rings. The number of benzene rings is 3. The highest BCUT2D eigenvalue weighted by atomic mass is 16.5. The Kier molecular flexibility index (Phi) is 12.8. The zero-order valence-electron chi connectivity index (χ0n) is 34.9. The lowest BCUT2D eigenvalue weighted by Crippen LogP contribution is -2.58. The molecular formula is C46H57N9O5. The van der Waals surface area contributed by atoms with Crippen LogP contribution in [0.5, 0.6) is 5.75 Å². The number of piperidine rings is 2. The van der Waals surface area contributed by atoms with Crippen LogP contribution >= 0.6 is 0 Å². The van der Waals surface area contributed by atoms with E-state index in [-0.39, 0.29) is 30.1 Å². The number of ether oxygens (including phenoxy) is 2. The Morgan fingerprint density at radius 2 is 1.57 bits per heavy atom. The minimum absolute atomic E-state index is 0.0620. The summed E-state index contributed by atoms with van der Waals surface area (Å²) in [5, 5.41) is 8.78. The number of hydrogen-bond acceptors (Lipinski definition) is 11. The second-order valence-electron chi connectivity index (χ2n) is 16.7. The van der Waals surface area contributed by atoms with Gasteiger partial charge in [0.1, 0.15) is 5.75 Å². The molecule has 0 saturated carbocycles. The summed E-state index contributed by atoms with van der Waals surface area (Å²) in [6, 6.07) is 24.6. The molecule has 5 heterocycles. The maximum Gasteiger partial charge on any atom is 0.317 e. The first-order chi connectivity index (χ1) is 29.1. The highest BCUT2D eigenvalue weighted by Crippen LogP contribution is 2.29. The van der Waals surface area contributed by atoms with Crippen LogP contribution in [0.1, 0.15) is 50.7 Å². The molecule has 60 heavy (non-hydrogen) atoms. The number of imide groups is 1. The zero-order valence-corrected chi connectivity index (χ0v) is 34.9. The number of nitrogens with one attached hydrogen (secondary N) is 3. The van der Waals surface area contributed by atoms with Gasteiger partial charge in [0, 0.05) is 94.0 Å². The SMILES string of the molecule is Cc1cc(-c2ccnc(Nc3ccc(N4CCN(CC5CCN(c6ccc(OC7CCC(=O)NC7=O)cc6)CC5)CC4)cc3)n2)ccc1CNC(=O)N1CC(OC(C)C)C1. The number of aromatic nitrogens is 2. The molecule has 0 aliphatic carbocycles. The molecule has 0 spiro atoms. The smallest absolute Gasteiger partial charge is 0.317 e. The predicted octanol–water partition coefficient (Wildman–Crippen LogP) is 5.74. The first-order valence-electron chi connectivity index (χ1n) is 21.4. The number of hydrogen-bond donors (Lipinski definition) is 3. The fraction of sp³-hybridized carbons (Fsp3) is 0.457. The van der Waals surface area contributed by atoms with Crippen molar-refractivity contribution in [2.75, 3.05) is 74.0 Å². The van der Waals surface area contributed by atoms with Crippen molar-refractivity contribution < 1.29 is 23.9 Å². The van der Waals surface area contributed by atoms with Gasteiger partial charge in [0.15, 0.2) is 6.10 Å². The first kappa shape index (κ1) is 41.0. The van der Waals surface area contributed by atoms with Gasteiger partial charge in [0.25, 0.3) is 5.91 Å². The molecule has 14 heteroatoms. The summed E-state index contributed by atoms with van der Waals surface area (Å²) in [4.78, 5) is 54.7. The number of nitrogens with zero attached hydrogens (tertiary/aromatic N) is 6. The van der Waals surface area contributed by atoms with Crippen LogP contribution < -0.4 is 30.5 Å². The Labute approximate surface area is 352 Å². The van der Waals surface area contributed by atoms with Crippen molar-refractivity contribution in [1.29, 1.82) is 0 Å². The third kappa shape index (κ3) is 10.3. The van der Waals surface area contributed by atoms with Crippen molar-refractivity contribution in [2.45, 2.75) is 71.3 Å². The minimum Gasteiger partial charge on any atom is -0.481 e. The van der Waals surface area contributed by atoms with Crippen LogP contribution in [0.25, 0.3) is 11.3 Å². The van der Waals surface area contributed by atoms with E-state index in [2.05, 4.69) is 91.1 Å².